The Morgan fingerprint density at radius 2 is 0.839 bits per heavy atom. The maximum Gasteiger partial charge on any atom is 0.305 e. The van der Waals surface area contributed by atoms with Gasteiger partial charge in [-0.25, -0.2) is 0 Å². The van der Waals surface area contributed by atoms with Gasteiger partial charge < -0.3 is 20.3 Å². The van der Waals surface area contributed by atoms with Crippen LogP contribution in [0.25, 0.3) is 0 Å². The van der Waals surface area contributed by atoms with Gasteiger partial charge in [0.1, 0.15) is 0 Å². The van der Waals surface area contributed by atoms with Crippen molar-refractivity contribution in [1.82, 2.24) is 5.32 Å². The van der Waals surface area contributed by atoms with Crippen molar-refractivity contribution in [2.75, 3.05) is 13.2 Å². The van der Waals surface area contributed by atoms with Crippen LogP contribution in [-0.2, 0) is 14.3 Å². The fourth-order valence-electron chi connectivity index (χ4n) is 7.39. The molecule has 0 saturated carbocycles. The normalized spacial score (nSPS) is 12.9. The second-order valence-electron chi connectivity index (χ2n) is 16.8. The van der Waals surface area contributed by atoms with E-state index in [-0.39, 0.29) is 18.5 Å². The zero-order chi connectivity index (χ0) is 40.8. The molecule has 0 saturated heterocycles. The summed E-state index contributed by atoms with van der Waals surface area (Å²) >= 11 is 0. The number of allylic oxidation sites excluding steroid dienone is 4. The first-order valence-corrected chi connectivity index (χ1v) is 24.6. The summed E-state index contributed by atoms with van der Waals surface area (Å²) in [7, 11) is 0. The van der Waals surface area contributed by atoms with Crippen LogP contribution in [0.15, 0.2) is 24.3 Å². The lowest BCUT2D eigenvalue weighted by Crippen LogP contribution is -2.45. The number of nitrogens with one attached hydrogen (secondary N) is 1. The molecule has 0 heterocycles. The number of hydrogen-bond acceptors (Lipinski definition) is 5. The van der Waals surface area contributed by atoms with E-state index in [1.807, 2.05) is 0 Å². The van der Waals surface area contributed by atoms with Crippen LogP contribution in [0, 0.1) is 0 Å². The van der Waals surface area contributed by atoms with Crippen molar-refractivity contribution in [1.29, 1.82) is 0 Å². The maximum absolute atomic E-state index is 12.4. The van der Waals surface area contributed by atoms with Gasteiger partial charge in [0.25, 0.3) is 0 Å². The standard InChI is InChI=1S/C50H95NO5/c1-3-5-7-9-11-13-15-17-19-24-28-32-36-40-44-50(55)56-45-41-37-33-29-25-21-20-23-27-31-35-39-43-49(54)51-47(46-52)48(53)42-38-34-30-26-22-18-16-14-12-10-8-6-4-2/h15,17,21,25,47-48,52-53H,3-14,16,18-20,22-24,26-46H2,1-2H3,(H,51,54)/b17-15-,25-21-. The first-order chi connectivity index (χ1) is 27.5. The van der Waals surface area contributed by atoms with Crippen molar-refractivity contribution in [2.45, 2.75) is 270 Å². The third-order valence-corrected chi connectivity index (χ3v) is 11.2. The smallest absolute Gasteiger partial charge is 0.305 e. The minimum atomic E-state index is -0.679. The van der Waals surface area contributed by atoms with Crippen molar-refractivity contribution in [3.05, 3.63) is 24.3 Å². The van der Waals surface area contributed by atoms with Crippen LogP contribution in [0.5, 0.6) is 0 Å². The van der Waals surface area contributed by atoms with Crippen molar-refractivity contribution in [3.8, 4) is 0 Å². The largest absolute Gasteiger partial charge is 0.466 e. The number of aliphatic hydroxyl groups is 2. The monoisotopic (exact) mass is 790 g/mol. The molecular formula is C50H95NO5. The fraction of sp³-hybridized carbons (Fsp3) is 0.880. The van der Waals surface area contributed by atoms with Gasteiger partial charge in [-0.2, -0.15) is 0 Å². The molecule has 0 aliphatic heterocycles. The molecule has 56 heavy (non-hydrogen) atoms. The van der Waals surface area contributed by atoms with E-state index in [1.54, 1.807) is 0 Å². The molecule has 6 nitrogen and oxygen atoms in total. The number of carbonyl (C=O) groups excluding carboxylic acids is 2. The highest BCUT2D eigenvalue weighted by molar-refractivity contribution is 5.76. The van der Waals surface area contributed by atoms with Crippen LogP contribution in [0.4, 0.5) is 0 Å². The second kappa shape index (κ2) is 46.0. The molecule has 0 radical (unpaired) electrons. The van der Waals surface area contributed by atoms with Crippen molar-refractivity contribution in [3.63, 3.8) is 0 Å². The molecule has 1 amide bonds. The van der Waals surface area contributed by atoms with E-state index in [4.69, 9.17) is 4.74 Å². The molecule has 330 valence electrons. The fourth-order valence-corrected chi connectivity index (χ4v) is 7.39. The molecule has 2 atom stereocenters. The van der Waals surface area contributed by atoms with Gasteiger partial charge in [0.15, 0.2) is 0 Å². The molecule has 0 aromatic rings. The Bertz CT molecular complexity index is 874. The first-order valence-electron chi connectivity index (χ1n) is 24.6. The number of ether oxygens (including phenoxy) is 1. The molecule has 6 heteroatoms. The number of unbranched alkanes of at least 4 members (excludes halogenated alkanes) is 30. The number of hydrogen-bond donors (Lipinski definition) is 3. The topological polar surface area (TPSA) is 95.9 Å². The Kier molecular flexibility index (Phi) is 44.7. The Morgan fingerprint density at radius 1 is 0.482 bits per heavy atom. The molecule has 0 aliphatic carbocycles. The van der Waals surface area contributed by atoms with Crippen molar-refractivity contribution >= 4 is 11.9 Å². The van der Waals surface area contributed by atoms with Crippen LogP contribution in [0.3, 0.4) is 0 Å². The zero-order valence-corrected chi connectivity index (χ0v) is 37.4. The van der Waals surface area contributed by atoms with E-state index < -0.39 is 12.1 Å². The number of carbonyl (C=O) groups is 2. The van der Waals surface area contributed by atoms with E-state index >= 15 is 0 Å². The molecule has 0 rings (SSSR count). The number of rotatable bonds is 45. The minimum Gasteiger partial charge on any atom is -0.466 e. The van der Waals surface area contributed by atoms with Crippen LogP contribution in [-0.4, -0.2) is 47.4 Å². The summed E-state index contributed by atoms with van der Waals surface area (Å²) in [6.45, 7) is 4.87. The van der Waals surface area contributed by atoms with Gasteiger partial charge in [0, 0.05) is 12.8 Å². The first kappa shape index (κ1) is 54.3. The van der Waals surface area contributed by atoms with Gasteiger partial charge in [-0.3, -0.25) is 9.59 Å². The molecule has 0 aliphatic rings. The van der Waals surface area contributed by atoms with E-state index in [9.17, 15) is 19.8 Å². The third-order valence-electron chi connectivity index (χ3n) is 11.2. The maximum atomic E-state index is 12.4. The predicted octanol–water partition coefficient (Wildman–Crippen LogP) is 14.3. The van der Waals surface area contributed by atoms with Gasteiger partial charge >= 0.3 is 5.97 Å². The quantitative estimate of drug-likeness (QED) is 0.0324. The Balaban J connectivity index is 3.52. The predicted molar refractivity (Wildman–Crippen MR) is 241 cm³/mol. The van der Waals surface area contributed by atoms with E-state index in [0.717, 1.165) is 77.0 Å². The van der Waals surface area contributed by atoms with Gasteiger partial charge in [0.2, 0.25) is 5.91 Å². The summed E-state index contributed by atoms with van der Waals surface area (Å²) in [4.78, 5) is 24.4. The average Bonchev–Trinajstić information content (AvgIpc) is 3.20. The van der Waals surface area contributed by atoms with Crippen LogP contribution in [0.1, 0.15) is 258 Å². The van der Waals surface area contributed by atoms with Crippen LogP contribution >= 0.6 is 0 Å². The highest BCUT2D eigenvalue weighted by atomic mass is 16.5. The van der Waals surface area contributed by atoms with Gasteiger partial charge in [-0.1, -0.05) is 186 Å². The van der Waals surface area contributed by atoms with E-state index in [1.165, 1.54) is 148 Å². The van der Waals surface area contributed by atoms with E-state index in [2.05, 4.69) is 43.5 Å². The lowest BCUT2D eigenvalue weighted by atomic mass is 10.0. The molecule has 0 aromatic carbocycles. The molecule has 0 spiro atoms. The Morgan fingerprint density at radius 3 is 1.27 bits per heavy atom. The molecular weight excluding hydrogens is 695 g/mol. The Hall–Kier alpha value is -1.66. The Labute approximate surface area is 348 Å². The van der Waals surface area contributed by atoms with E-state index in [0.29, 0.717) is 25.9 Å². The summed E-state index contributed by atoms with van der Waals surface area (Å²) in [6, 6.07) is -0.559. The highest BCUT2D eigenvalue weighted by Gasteiger charge is 2.20. The summed E-state index contributed by atoms with van der Waals surface area (Å²) in [5, 5.41) is 23.1. The molecule has 2 unspecified atom stereocenters. The lowest BCUT2D eigenvalue weighted by molar-refractivity contribution is -0.143. The summed E-state index contributed by atoms with van der Waals surface area (Å²) in [5.41, 5.74) is 0. The SMILES string of the molecule is CCCCCCC/C=C\CCCCCCCC(=O)OCCCCC/C=C\CCCCCCCC(=O)NC(CO)C(O)CCCCCCCCCCCCCCC. The van der Waals surface area contributed by atoms with Crippen LogP contribution < -0.4 is 5.32 Å². The molecule has 0 aromatic heterocycles. The number of amides is 1. The second-order valence-corrected chi connectivity index (χ2v) is 16.8. The summed E-state index contributed by atoms with van der Waals surface area (Å²) < 4.78 is 5.43. The average molecular weight is 790 g/mol. The van der Waals surface area contributed by atoms with Crippen molar-refractivity contribution in [2.24, 2.45) is 0 Å². The molecule has 0 fully saturated rings. The number of esters is 1. The summed E-state index contributed by atoms with van der Waals surface area (Å²) in [6.07, 6.45) is 52.8. The van der Waals surface area contributed by atoms with Gasteiger partial charge in [-0.15, -0.1) is 0 Å². The zero-order valence-electron chi connectivity index (χ0n) is 37.4. The van der Waals surface area contributed by atoms with Crippen molar-refractivity contribution < 1.29 is 24.5 Å². The third kappa shape index (κ3) is 42.0. The molecule has 3 N–H and O–H groups in total. The lowest BCUT2D eigenvalue weighted by Gasteiger charge is -2.22. The highest BCUT2D eigenvalue weighted by Crippen LogP contribution is 2.15. The van der Waals surface area contributed by atoms with Crippen LogP contribution in [0.2, 0.25) is 0 Å². The summed E-state index contributed by atoms with van der Waals surface area (Å²) in [5.74, 6) is -0.0936. The van der Waals surface area contributed by atoms with Gasteiger partial charge in [-0.05, 0) is 83.5 Å². The number of aliphatic hydroxyl groups excluding tert-OH is 2. The van der Waals surface area contributed by atoms with Gasteiger partial charge in [0.05, 0.1) is 25.4 Å². The minimum absolute atomic E-state index is 0.0317. The molecule has 0 bridgehead atoms.